The molecule has 3 nitrogen and oxygen atoms in total. The molecule has 2 saturated carbocycles. The van der Waals surface area contributed by atoms with E-state index in [-0.39, 0.29) is 36.2 Å². The number of ether oxygens (including phenoxy) is 1. The second kappa shape index (κ2) is 9.84. The van der Waals surface area contributed by atoms with E-state index in [1.807, 2.05) is 46.4 Å². The number of alkyl halides is 3. The molecule has 1 unspecified atom stereocenters. The highest BCUT2D eigenvalue weighted by molar-refractivity contribution is 5.74. The van der Waals surface area contributed by atoms with E-state index in [9.17, 15) is 18.0 Å². The highest BCUT2D eigenvalue weighted by Gasteiger charge is 2.64. The minimum Gasteiger partial charge on any atom is -0.365 e. The van der Waals surface area contributed by atoms with Gasteiger partial charge in [0, 0.05) is 19.5 Å². The molecule has 2 aliphatic carbocycles. The van der Waals surface area contributed by atoms with Gasteiger partial charge in [-0.25, -0.2) is 0 Å². The molecule has 188 valence electrons. The first-order valence-electron chi connectivity index (χ1n) is 12.6. The third-order valence-electron chi connectivity index (χ3n) is 8.09. The van der Waals surface area contributed by atoms with Gasteiger partial charge in [-0.15, -0.1) is 0 Å². The lowest BCUT2D eigenvalue weighted by molar-refractivity contribution is -0.302. The first-order chi connectivity index (χ1) is 14.6. The molecular weight excluding hydrogens is 415 g/mol. The van der Waals surface area contributed by atoms with Crippen molar-refractivity contribution < 1.29 is 22.7 Å². The summed E-state index contributed by atoms with van der Waals surface area (Å²) < 4.78 is 50.1. The summed E-state index contributed by atoms with van der Waals surface area (Å²) in [6, 6.07) is 0.302. The van der Waals surface area contributed by atoms with Crippen LogP contribution in [0.5, 0.6) is 0 Å². The van der Waals surface area contributed by atoms with Gasteiger partial charge in [0.1, 0.15) is 0 Å². The zero-order valence-corrected chi connectivity index (χ0v) is 21.6. The Hall–Kier alpha value is -0.780. The molecule has 2 fully saturated rings. The summed E-state index contributed by atoms with van der Waals surface area (Å²) in [7, 11) is 0. The average molecular weight is 462 g/mol. The molecular formula is C26H46F3NO2. The van der Waals surface area contributed by atoms with E-state index in [1.165, 1.54) is 0 Å². The predicted octanol–water partition coefficient (Wildman–Crippen LogP) is 7.24. The molecule has 3 atom stereocenters. The third kappa shape index (κ3) is 6.42. The van der Waals surface area contributed by atoms with Crippen LogP contribution in [0.3, 0.4) is 0 Å². The average Bonchev–Trinajstić information content (AvgIpc) is 3.52. The number of halogens is 3. The second-order valence-electron chi connectivity index (χ2n) is 12.1. The topological polar surface area (TPSA) is 29.5 Å². The molecule has 0 aromatic heterocycles. The van der Waals surface area contributed by atoms with Gasteiger partial charge in [0.2, 0.25) is 5.91 Å². The summed E-state index contributed by atoms with van der Waals surface area (Å²) in [6.07, 6.45) is 0.338. The Kier molecular flexibility index (Phi) is 8.44. The number of carbonyl (C=O) groups excluding carboxylic acids is 1. The van der Waals surface area contributed by atoms with Crippen LogP contribution in [0.25, 0.3) is 0 Å². The maximum atomic E-state index is 14.7. The lowest BCUT2D eigenvalue weighted by Crippen LogP contribution is -2.54. The van der Waals surface area contributed by atoms with Crippen LogP contribution in [0, 0.1) is 28.6 Å². The Labute approximate surface area is 193 Å². The summed E-state index contributed by atoms with van der Waals surface area (Å²) in [5.41, 5.74) is -2.75. The molecule has 0 aromatic carbocycles. The van der Waals surface area contributed by atoms with Gasteiger partial charge in [-0.1, -0.05) is 61.3 Å². The lowest BCUT2D eigenvalue weighted by atomic mass is 9.71. The van der Waals surface area contributed by atoms with Crippen LogP contribution in [-0.2, 0) is 9.53 Å². The number of rotatable bonds is 12. The highest BCUT2D eigenvalue weighted by Crippen LogP contribution is 2.56. The van der Waals surface area contributed by atoms with E-state index in [0.29, 0.717) is 31.8 Å². The van der Waals surface area contributed by atoms with E-state index in [1.54, 1.807) is 6.92 Å². The number of carbonyl (C=O) groups is 1. The van der Waals surface area contributed by atoms with Gasteiger partial charge in [0.05, 0.1) is 6.61 Å². The van der Waals surface area contributed by atoms with Gasteiger partial charge < -0.3 is 9.64 Å². The summed E-state index contributed by atoms with van der Waals surface area (Å²) in [6.45, 7) is 16.4. The first-order valence-corrected chi connectivity index (χ1v) is 12.6. The van der Waals surface area contributed by atoms with Crippen molar-refractivity contribution >= 4 is 5.91 Å². The molecule has 1 amide bonds. The number of hydrogen-bond acceptors (Lipinski definition) is 2. The SMILES string of the molecule is CC[C@@H](CC(OCC(C)(C)[C@@H](CC)CN(C(C)=O)C1CC1)(C1CC1)C(F)(F)F)C(C)(C)C. The summed E-state index contributed by atoms with van der Waals surface area (Å²) >= 11 is 0. The van der Waals surface area contributed by atoms with Crippen molar-refractivity contribution in [1.29, 1.82) is 0 Å². The fourth-order valence-electron chi connectivity index (χ4n) is 5.27. The van der Waals surface area contributed by atoms with Gasteiger partial charge in [-0.2, -0.15) is 13.2 Å². The van der Waals surface area contributed by atoms with Gasteiger partial charge >= 0.3 is 6.18 Å². The molecule has 0 aromatic rings. The maximum absolute atomic E-state index is 14.7. The van der Waals surface area contributed by atoms with E-state index in [0.717, 1.165) is 19.3 Å². The van der Waals surface area contributed by atoms with Crippen molar-refractivity contribution in [2.75, 3.05) is 13.2 Å². The Morgan fingerprint density at radius 2 is 1.50 bits per heavy atom. The Morgan fingerprint density at radius 3 is 1.84 bits per heavy atom. The molecule has 0 spiro atoms. The van der Waals surface area contributed by atoms with Crippen molar-refractivity contribution in [1.82, 2.24) is 4.90 Å². The van der Waals surface area contributed by atoms with Crippen LogP contribution in [-0.4, -0.2) is 41.8 Å². The van der Waals surface area contributed by atoms with E-state index in [4.69, 9.17) is 4.74 Å². The van der Waals surface area contributed by atoms with E-state index >= 15 is 0 Å². The minimum absolute atomic E-state index is 0.0235. The number of hydrogen-bond donors (Lipinski definition) is 0. The van der Waals surface area contributed by atoms with Crippen LogP contribution in [0.15, 0.2) is 0 Å². The van der Waals surface area contributed by atoms with Crippen molar-refractivity contribution in [2.45, 2.75) is 118 Å². The molecule has 32 heavy (non-hydrogen) atoms. The third-order valence-corrected chi connectivity index (χ3v) is 8.09. The van der Waals surface area contributed by atoms with Gasteiger partial charge in [0.15, 0.2) is 5.60 Å². The van der Waals surface area contributed by atoms with E-state index in [2.05, 4.69) is 6.92 Å². The van der Waals surface area contributed by atoms with Crippen LogP contribution < -0.4 is 0 Å². The molecule has 0 radical (unpaired) electrons. The quantitative estimate of drug-likeness (QED) is 0.307. The molecule has 2 aliphatic rings. The predicted molar refractivity (Wildman–Crippen MR) is 123 cm³/mol. The van der Waals surface area contributed by atoms with Gasteiger partial charge in [0.25, 0.3) is 0 Å². The van der Waals surface area contributed by atoms with Crippen molar-refractivity contribution in [3.63, 3.8) is 0 Å². The zero-order chi connectivity index (χ0) is 24.5. The van der Waals surface area contributed by atoms with Crippen molar-refractivity contribution in [3.8, 4) is 0 Å². The Balaban J connectivity index is 2.23. The van der Waals surface area contributed by atoms with Crippen molar-refractivity contribution in [3.05, 3.63) is 0 Å². The summed E-state index contributed by atoms with van der Waals surface area (Å²) in [4.78, 5) is 14.1. The molecule has 0 saturated heterocycles. The fourth-order valence-corrected chi connectivity index (χ4v) is 5.27. The molecule has 0 N–H and O–H groups in total. The smallest absolute Gasteiger partial charge is 0.365 e. The minimum atomic E-state index is -4.40. The van der Waals surface area contributed by atoms with Crippen LogP contribution in [0.4, 0.5) is 13.2 Å². The van der Waals surface area contributed by atoms with Gasteiger partial charge in [-0.3, -0.25) is 4.79 Å². The highest BCUT2D eigenvalue weighted by atomic mass is 19.4. The standard InChI is InChI=1S/C26H46F3NO2/c1-9-19(23(4,5)6)15-25(21-11-12-21,26(27,28)29)32-17-24(7,8)20(10-2)16-30(18(3)31)22-13-14-22/h19-22H,9-17H2,1-8H3/t19-,20-,25?/m0/s1. The summed E-state index contributed by atoms with van der Waals surface area (Å²) in [5, 5.41) is 0. The molecule has 6 heteroatoms. The largest absolute Gasteiger partial charge is 0.417 e. The monoisotopic (exact) mass is 461 g/mol. The number of amides is 1. The second-order valence-corrected chi connectivity index (χ2v) is 12.1. The summed E-state index contributed by atoms with van der Waals surface area (Å²) in [5.74, 6) is -0.379. The van der Waals surface area contributed by atoms with Crippen LogP contribution >= 0.6 is 0 Å². The molecule has 0 aliphatic heterocycles. The molecule has 0 bridgehead atoms. The first kappa shape index (κ1) is 27.5. The lowest BCUT2D eigenvalue weighted by Gasteiger charge is -2.45. The normalized spacial score (nSPS) is 21.7. The van der Waals surface area contributed by atoms with Gasteiger partial charge in [-0.05, 0) is 60.7 Å². The molecule has 0 heterocycles. The van der Waals surface area contributed by atoms with Crippen molar-refractivity contribution in [2.24, 2.45) is 28.6 Å². The Morgan fingerprint density at radius 1 is 0.969 bits per heavy atom. The molecule has 2 rings (SSSR count). The van der Waals surface area contributed by atoms with Crippen LogP contribution in [0.1, 0.15) is 100 Å². The fraction of sp³-hybridized carbons (Fsp3) is 0.962. The zero-order valence-electron chi connectivity index (χ0n) is 21.6. The van der Waals surface area contributed by atoms with E-state index < -0.39 is 23.1 Å². The Bertz CT molecular complexity index is 632. The van der Waals surface area contributed by atoms with Crippen LogP contribution in [0.2, 0.25) is 0 Å². The maximum Gasteiger partial charge on any atom is 0.417 e. The number of nitrogens with zero attached hydrogens (tertiary/aromatic N) is 1.